The standard InChI is InChI=1S/C9H8ClFO2/c1-4-3-6(11)9(13)7(5(2)12)8(4)10/h3,13H,1-2H3. The van der Waals surface area contributed by atoms with Crippen LogP contribution in [-0.4, -0.2) is 10.9 Å². The van der Waals surface area contributed by atoms with Gasteiger partial charge in [-0.05, 0) is 25.5 Å². The van der Waals surface area contributed by atoms with Crippen LogP contribution in [-0.2, 0) is 0 Å². The molecular formula is C9H8ClFO2. The van der Waals surface area contributed by atoms with Crippen molar-refractivity contribution >= 4 is 17.4 Å². The van der Waals surface area contributed by atoms with Gasteiger partial charge in [-0.25, -0.2) is 4.39 Å². The molecule has 1 aromatic carbocycles. The van der Waals surface area contributed by atoms with E-state index in [0.717, 1.165) is 6.07 Å². The summed E-state index contributed by atoms with van der Waals surface area (Å²) in [4.78, 5) is 11.0. The number of ketones is 1. The molecule has 2 nitrogen and oxygen atoms in total. The van der Waals surface area contributed by atoms with Crippen molar-refractivity contribution in [3.05, 3.63) is 28.0 Å². The Morgan fingerprint density at radius 3 is 2.62 bits per heavy atom. The summed E-state index contributed by atoms with van der Waals surface area (Å²) in [6.07, 6.45) is 0. The molecule has 0 aliphatic heterocycles. The highest BCUT2D eigenvalue weighted by molar-refractivity contribution is 6.35. The minimum atomic E-state index is -0.827. The molecule has 13 heavy (non-hydrogen) atoms. The highest BCUT2D eigenvalue weighted by Crippen LogP contribution is 2.31. The Kier molecular flexibility index (Phi) is 2.57. The molecule has 0 bridgehead atoms. The van der Waals surface area contributed by atoms with Gasteiger partial charge in [0.25, 0.3) is 0 Å². The summed E-state index contributed by atoms with van der Waals surface area (Å²) in [7, 11) is 0. The van der Waals surface area contributed by atoms with E-state index in [1.165, 1.54) is 6.92 Å². The Labute approximate surface area is 80.0 Å². The first-order valence-electron chi connectivity index (χ1n) is 3.63. The van der Waals surface area contributed by atoms with E-state index >= 15 is 0 Å². The van der Waals surface area contributed by atoms with Gasteiger partial charge in [-0.1, -0.05) is 11.6 Å². The summed E-state index contributed by atoms with van der Waals surface area (Å²) >= 11 is 5.72. The fraction of sp³-hybridized carbons (Fsp3) is 0.222. The second-order valence-electron chi connectivity index (χ2n) is 2.77. The molecule has 4 heteroatoms. The zero-order chi connectivity index (χ0) is 10.2. The van der Waals surface area contributed by atoms with Gasteiger partial charge >= 0.3 is 0 Å². The number of halogens is 2. The number of aromatic hydroxyl groups is 1. The van der Waals surface area contributed by atoms with Gasteiger partial charge < -0.3 is 5.11 Å². The topological polar surface area (TPSA) is 37.3 Å². The molecule has 1 aromatic rings. The number of phenols is 1. The number of rotatable bonds is 1. The highest BCUT2D eigenvalue weighted by Gasteiger charge is 2.17. The fourth-order valence-electron chi connectivity index (χ4n) is 1.06. The number of aryl methyl sites for hydroxylation is 1. The first kappa shape index (κ1) is 9.99. The molecule has 0 saturated heterocycles. The molecule has 1 N–H and O–H groups in total. The summed E-state index contributed by atoms with van der Waals surface area (Å²) in [6.45, 7) is 2.79. The lowest BCUT2D eigenvalue weighted by molar-refractivity contribution is 0.101. The molecule has 0 saturated carbocycles. The summed E-state index contributed by atoms with van der Waals surface area (Å²) in [5.41, 5.74) is 0.279. The summed E-state index contributed by atoms with van der Waals surface area (Å²) in [6, 6.07) is 1.09. The van der Waals surface area contributed by atoms with Gasteiger partial charge in [-0.2, -0.15) is 0 Å². The largest absolute Gasteiger partial charge is 0.504 e. The predicted molar refractivity (Wildman–Crippen MR) is 47.8 cm³/mol. The second-order valence-corrected chi connectivity index (χ2v) is 3.15. The first-order chi connectivity index (χ1) is 5.95. The van der Waals surface area contributed by atoms with E-state index in [1.807, 2.05) is 0 Å². The van der Waals surface area contributed by atoms with E-state index in [1.54, 1.807) is 6.92 Å². The van der Waals surface area contributed by atoms with Gasteiger partial charge in [-0.3, -0.25) is 4.79 Å². The first-order valence-corrected chi connectivity index (χ1v) is 4.01. The van der Waals surface area contributed by atoms with Crippen molar-refractivity contribution in [2.24, 2.45) is 0 Å². The van der Waals surface area contributed by atoms with Crippen molar-refractivity contribution in [2.75, 3.05) is 0 Å². The van der Waals surface area contributed by atoms with Gasteiger partial charge in [0.2, 0.25) is 0 Å². The Bertz CT molecular complexity index is 348. The summed E-state index contributed by atoms with van der Waals surface area (Å²) < 4.78 is 12.9. The van der Waals surface area contributed by atoms with Crippen molar-refractivity contribution in [1.29, 1.82) is 0 Å². The maximum atomic E-state index is 12.9. The molecule has 0 radical (unpaired) electrons. The Balaban J connectivity index is 3.56. The number of phenolic OH excluding ortho intramolecular Hbond substituents is 1. The minimum absolute atomic E-state index is 0.103. The molecule has 0 spiro atoms. The van der Waals surface area contributed by atoms with Crippen LogP contribution in [0.4, 0.5) is 4.39 Å². The molecule has 0 aromatic heterocycles. The Morgan fingerprint density at radius 2 is 2.15 bits per heavy atom. The average molecular weight is 203 g/mol. The molecule has 1 rings (SSSR count). The van der Waals surface area contributed by atoms with E-state index in [9.17, 15) is 14.3 Å². The van der Waals surface area contributed by atoms with E-state index < -0.39 is 17.3 Å². The Hall–Kier alpha value is -1.09. The number of carbonyl (C=O) groups is 1. The SMILES string of the molecule is CC(=O)c1c(O)c(F)cc(C)c1Cl. The summed E-state index contributed by atoms with van der Waals surface area (Å²) in [5, 5.41) is 9.30. The normalized spacial score (nSPS) is 10.2. The van der Waals surface area contributed by atoms with Crippen molar-refractivity contribution in [3.63, 3.8) is 0 Å². The molecule has 0 heterocycles. The average Bonchev–Trinajstić information content (AvgIpc) is 2.01. The van der Waals surface area contributed by atoms with Gasteiger partial charge in [-0.15, -0.1) is 0 Å². The summed E-state index contributed by atoms with van der Waals surface area (Å²) in [5.74, 6) is -1.96. The van der Waals surface area contributed by atoms with Crippen LogP contribution in [0, 0.1) is 12.7 Å². The van der Waals surface area contributed by atoms with Crippen LogP contribution in [0.25, 0.3) is 0 Å². The second kappa shape index (κ2) is 3.34. The molecule has 0 aliphatic rings. The quantitative estimate of drug-likeness (QED) is 0.711. The number of hydrogen-bond acceptors (Lipinski definition) is 2. The van der Waals surface area contributed by atoms with E-state index in [4.69, 9.17) is 11.6 Å². The Morgan fingerprint density at radius 1 is 1.62 bits per heavy atom. The number of carbonyl (C=O) groups excluding carboxylic acids is 1. The lowest BCUT2D eigenvalue weighted by atomic mass is 10.1. The maximum absolute atomic E-state index is 12.9. The van der Waals surface area contributed by atoms with Crippen LogP contribution >= 0.6 is 11.6 Å². The van der Waals surface area contributed by atoms with Crippen LogP contribution in [0.5, 0.6) is 5.75 Å². The molecule has 0 unspecified atom stereocenters. The molecule has 0 fully saturated rings. The van der Waals surface area contributed by atoms with Crippen LogP contribution in [0.1, 0.15) is 22.8 Å². The lowest BCUT2D eigenvalue weighted by Gasteiger charge is -2.06. The van der Waals surface area contributed by atoms with Gasteiger partial charge in [0.15, 0.2) is 17.3 Å². The van der Waals surface area contributed by atoms with Crippen LogP contribution in [0.3, 0.4) is 0 Å². The number of hydrogen-bond donors (Lipinski definition) is 1. The monoisotopic (exact) mass is 202 g/mol. The zero-order valence-corrected chi connectivity index (χ0v) is 7.94. The highest BCUT2D eigenvalue weighted by atomic mass is 35.5. The van der Waals surface area contributed by atoms with Gasteiger partial charge in [0.05, 0.1) is 10.6 Å². The van der Waals surface area contributed by atoms with Crippen LogP contribution in [0.2, 0.25) is 5.02 Å². The van der Waals surface area contributed by atoms with Crippen molar-refractivity contribution in [3.8, 4) is 5.75 Å². The zero-order valence-electron chi connectivity index (χ0n) is 7.19. The maximum Gasteiger partial charge on any atom is 0.165 e. The van der Waals surface area contributed by atoms with E-state index in [0.29, 0.717) is 5.56 Å². The van der Waals surface area contributed by atoms with Crippen LogP contribution in [0.15, 0.2) is 6.07 Å². The number of benzene rings is 1. The minimum Gasteiger partial charge on any atom is -0.504 e. The molecule has 70 valence electrons. The third-order valence-electron chi connectivity index (χ3n) is 1.72. The fourth-order valence-corrected chi connectivity index (χ4v) is 1.34. The molecule has 0 aliphatic carbocycles. The lowest BCUT2D eigenvalue weighted by Crippen LogP contribution is -1.98. The van der Waals surface area contributed by atoms with Crippen molar-refractivity contribution in [1.82, 2.24) is 0 Å². The van der Waals surface area contributed by atoms with Crippen molar-refractivity contribution < 1.29 is 14.3 Å². The van der Waals surface area contributed by atoms with E-state index in [-0.39, 0.29) is 10.6 Å². The molecule has 0 atom stereocenters. The smallest absolute Gasteiger partial charge is 0.165 e. The molecular weight excluding hydrogens is 195 g/mol. The third-order valence-corrected chi connectivity index (χ3v) is 2.21. The van der Waals surface area contributed by atoms with Gasteiger partial charge in [0, 0.05) is 0 Å². The number of Topliss-reactive ketones (excluding diaryl/α,β-unsaturated/α-hetero) is 1. The van der Waals surface area contributed by atoms with E-state index in [2.05, 4.69) is 0 Å². The predicted octanol–water partition coefficient (Wildman–Crippen LogP) is 2.70. The van der Waals surface area contributed by atoms with Gasteiger partial charge in [0.1, 0.15) is 0 Å². The third kappa shape index (κ3) is 1.65. The van der Waals surface area contributed by atoms with Crippen molar-refractivity contribution in [2.45, 2.75) is 13.8 Å². The van der Waals surface area contributed by atoms with Crippen LogP contribution < -0.4 is 0 Å². The molecule has 0 amide bonds.